The molecule has 1 aromatic carbocycles. The number of nitrogens with one attached hydrogen (secondary N) is 1. The standard InChI is InChI=1S/C13H7Br2N3O2S2/c14-4-1-5-8(10-12(19)18-13(21)22-10)6(3-16)11(17)20-9(5)7(15)2-4/h1-2,8,10H,17H2,(H,18,19,21). The van der Waals surface area contributed by atoms with Crippen molar-refractivity contribution < 1.29 is 9.53 Å². The van der Waals surface area contributed by atoms with Crippen molar-refractivity contribution in [2.75, 3.05) is 0 Å². The Balaban J connectivity index is 2.21. The average Bonchev–Trinajstić information content (AvgIpc) is 2.77. The number of nitrogens with zero attached hydrogens (tertiary/aromatic N) is 1. The number of rotatable bonds is 1. The van der Waals surface area contributed by atoms with Gasteiger partial charge in [0.2, 0.25) is 11.8 Å². The van der Waals surface area contributed by atoms with Crippen molar-refractivity contribution in [1.82, 2.24) is 5.32 Å². The first-order valence-corrected chi connectivity index (χ1v) is 8.87. The van der Waals surface area contributed by atoms with Gasteiger partial charge in [0.15, 0.2) is 0 Å². The molecule has 0 bridgehead atoms. The Morgan fingerprint density at radius 1 is 1.45 bits per heavy atom. The molecule has 1 fully saturated rings. The molecule has 2 unspecified atom stereocenters. The number of ether oxygens (including phenoxy) is 1. The summed E-state index contributed by atoms with van der Waals surface area (Å²) >= 11 is 13.1. The van der Waals surface area contributed by atoms with Crippen molar-refractivity contribution >= 4 is 66.1 Å². The molecule has 2 aliphatic rings. The maximum atomic E-state index is 12.2. The van der Waals surface area contributed by atoms with Crippen molar-refractivity contribution in [2.24, 2.45) is 5.73 Å². The molecule has 3 rings (SSSR count). The van der Waals surface area contributed by atoms with Crippen LogP contribution in [0.2, 0.25) is 0 Å². The minimum atomic E-state index is -0.551. The normalized spacial score (nSPS) is 23.7. The van der Waals surface area contributed by atoms with E-state index >= 15 is 0 Å². The predicted molar refractivity (Wildman–Crippen MR) is 94.2 cm³/mol. The van der Waals surface area contributed by atoms with Gasteiger partial charge in [0.25, 0.3) is 0 Å². The van der Waals surface area contributed by atoms with Crippen LogP contribution < -0.4 is 15.8 Å². The van der Waals surface area contributed by atoms with Gasteiger partial charge in [-0.05, 0) is 28.1 Å². The van der Waals surface area contributed by atoms with Gasteiger partial charge >= 0.3 is 0 Å². The van der Waals surface area contributed by atoms with Crippen LogP contribution in [-0.2, 0) is 4.79 Å². The summed E-state index contributed by atoms with van der Waals surface area (Å²) < 4.78 is 7.45. The largest absolute Gasteiger partial charge is 0.439 e. The fourth-order valence-electron chi connectivity index (χ4n) is 2.42. The lowest BCUT2D eigenvalue weighted by atomic mass is 9.86. The molecule has 0 aliphatic carbocycles. The first-order chi connectivity index (χ1) is 10.4. The minimum absolute atomic E-state index is 0.00856. The lowest BCUT2D eigenvalue weighted by Crippen LogP contribution is -2.33. The van der Waals surface area contributed by atoms with Gasteiger partial charge < -0.3 is 15.8 Å². The van der Waals surface area contributed by atoms with Gasteiger partial charge in [-0.25, -0.2) is 0 Å². The highest BCUT2D eigenvalue weighted by molar-refractivity contribution is 9.11. The van der Waals surface area contributed by atoms with Gasteiger partial charge in [0.05, 0.1) is 10.0 Å². The van der Waals surface area contributed by atoms with E-state index in [0.717, 1.165) is 4.47 Å². The Morgan fingerprint density at radius 2 is 2.18 bits per heavy atom. The monoisotopic (exact) mass is 459 g/mol. The molecule has 0 spiro atoms. The number of fused-ring (bicyclic) bond motifs is 1. The van der Waals surface area contributed by atoms with Crippen LogP contribution in [0.25, 0.3) is 0 Å². The fourth-order valence-corrected chi connectivity index (χ4v) is 5.15. The number of halogens is 2. The second-order valence-corrected chi connectivity index (χ2v) is 8.18. The third-order valence-electron chi connectivity index (χ3n) is 3.30. The highest BCUT2D eigenvalue weighted by atomic mass is 79.9. The van der Waals surface area contributed by atoms with E-state index in [9.17, 15) is 10.1 Å². The van der Waals surface area contributed by atoms with E-state index in [1.54, 1.807) is 0 Å². The van der Waals surface area contributed by atoms with Crippen LogP contribution in [0, 0.1) is 11.3 Å². The zero-order valence-electron chi connectivity index (χ0n) is 10.7. The molecule has 3 N–H and O–H groups in total. The number of carbonyl (C=O) groups excluding carboxylic acids is 1. The number of hydrogen-bond acceptors (Lipinski definition) is 6. The minimum Gasteiger partial charge on any atom is -0.439 e. The van der Waals surface area contributed by atoms with Crippen molar-refractivity contribution in [3.63, 3.8) is 0 Å². The first-order valence-electron chi connectivity index (χ1n) is 6.00. The SMILES string of the molecule is N#CC1=C(N)Oc2c(Br)cc(Br)cc2C1C1SC(=S)NC1=O. The predicted octanol–water partition coefficient (Wildman–Crippen LogP) is 2.90. The van der Waals surface area contributed by atoms with Gasteiger partial charge in [0, 0.05) is 16.0 Å². The van der Waals surface area contributed by atoms with Crippen LogP contribution in [0.1, 0.15) is 11.5 Å². The maximum Gasteiger partial charge on any atom is 0.239 e. The molecular formula is C13H7Br2N3O2S2. The number of hydrogen-bond donors (Lipinski definition) is 2. The van der Waals surface area contributed by atoms with E-state index in [1.807, 2.05) is 12.1 Å². The number of benzene rings is 1. The number of nitriles is 1. The van der Waals surface area contributed by atoms with Gasteiger partial charge in [-0.1, -0.05) is 39.9 Å². The molecule has 2 aliphatic heterocycles. The third kappa shape index (κ3) is 2.54. The van der Waals surface area contributed by atoms with Crippen LogP contribution in [0.5, 0.6) is 5.75 Å². The zero-order chi connectivity index (χ0) is 16.0. The highest BCUT2D eigenvalue weighted by Gasteiger charge is 2.43. The Hall–Kier alpha value is -1.08. The fraction of sp³-hybridized carbons (Fsp3) is 0.154. The van der Waals surface area contributed by atoms with Crippen LogP contribution >= 0.6 is 55.8 Å². The second kappa shape index (κ2) is 5.85. The Morgan fingerprint density at radius 3 is 2.77 bits per heavy atom. The number of carbonyl (C=O) groups is 1. The van der Waals surface area contributed by atoms with Crippen LogP contribution in [0.4, 0.5) is 0 Å². The molecule has 1 amide bonds. The summed E-state index contributed by atoms with van der Waals surface area (Å²) in [6, 6.07) is 5.69. The number of thiocarbonyl (C=S) groups is 1. The second-order valence-electron chi connectivity index (χ2n) is 4.59. The summed E-state index contributed by atoms with van der Waals surface area (Å²) in [6.45, 7) is 0. The van der Waals surface area contributed by atoms with E-state index in [-0.39, 0.29) is 17.4 Å². The Labute approximate surface area is 152 Å². The van der Waals surface area contributed by atoms with E-state index in [1.165, 1.54) is 11.8 Å². The topological polar surface area (TPSA) is 88.1 Å². The summed E-state index contributed by atoms with van der Waals surface area (Å²) in [5.74, 6) is -0.234. The number of allylic oxidation sites excluding steroid dienone is 1. The number of nitrogens with two attached hydrogens (primary N) is 1. The molecule has 2 atom stereocenters. The molecule has 5 nitrogen and oxygen atoms in total. The third-order valence-corrected chi connectivity index (χ3v) is 5.80. The molecule has 0 saturated carbocycles. The van der Waals surface area contributed by atoms with Crippen molar-refractivity contribution in [3.05, 3.63) is 38.1 Å². The molecule has 0 aromatic heterocycles. The summed E-state index contributed by atoms with van der Waals surface area (Å²) in [5.41, 5.74) is 6.82. The molecule has 112 valence electrons. The quantitative estimate of drug-likeness (QED) is 0.626. The summed E-state index contributed by atoms with van der Waals surface area (Å²) in [7, 11) is 0. The molecule has 1 saturated heterocycles. The van der Waals surface area contributed by atoms with E-state index < -0.39 is 11.2 Å². The first kappa shape index (κ1) is 15.8. The van der Waals surface area contributed by atoms with Crippen molar-refractivity contribution in [1.29, 1.82) is 5.26 Å². The highest BCUT2D eigenvalue weighted by Crippen LogP contribution is 2.48. The molecular weight excluding hydrogens is 454 g/mol. The van der Waals surface area contributed by atoms with Gasteiger partial charge in [-0.3, -0.25) is 4.79 Å². The van der Waals surface area contributed by atoms with Gasteiger partial charge in [-0.2, -0.15) is 5.26 Å². The van der Waals surface area contributed by atoms with Crippen LogP contribution in [0.3, 0.4) is 0 Å². The molecule has 1 aromatic rings. The maximum absolute atomic E-state index is 12.2. The molecule has 9 heteroatoms. The molecule has 0 radical (unpaired) electrons. The summed E-state index contributed by atoms with van der Waals surface area (Å²) in [6.07, 6.45) is 0. The Kier molecular flexibility index (Phi) is 4.20. The lowest BCUT2D eigenvalue weighted by molar-refractivity contribution is -0.119. The van der Waals surface area contributed by atoms with Gasteiger partial charge in [0.1, 0.15) is 21.4 Å². The molecule has 2 heterocycles. The van der Waals surface area contributed by atoms with Crippen LogP contribution in [-0.4, -0.2) is 15.5 Å². The van der Waals surface area contributed by atoms with E-state index in [0.29, 0.717) is 20.1 Å². The lowest BCUT2D eigenvalue weighted by Gasteiger charge is -2.29. The summed E-state index contributed by atoms with van der Waals surface area (Å²) in [5, 5.41) is 11.5. The Bertz CT molecular complexity index is 788. The smallest absolute Gasteiger partial charge is 0.239 e. The van der Waals surface area contributed by atoms with Crippen LogP contribution in [0.15, 0.2) is 32.5 Å². The zero-order valence-corrected chi connectivity index (χ0v) is 15.5. The van der Waals surface area contributed by atoms with E-state index in [2.05, 4.69) is 43.2 Å². The number of amides is 1. The average molecular weight is 461 g/mol. The van der Waals surface area contributed by atoms with Gasteiger partial charge in [-0.15, -0.1) is 0 Å². The van der Waals surface area contributed by atoms with Crippen molar-refractivity contribution in [3.8, 4) is 11.8 Å². The van der Waals surface area contributed by atoms with E-state index in [4.69, 9.17) is 22.7 Å². The summed E-state index contributed by atoms with van der Waals surface area (Å²) in [4.78, 5) is 12.2. The number of thioether (sulfide) groups is 1. The molecule has 22 heavy (non-hydrogen) atoms. The van der Waals surface area contributed by atoms with Crippen molar-refractivity contribution in [2.45, 2.75) is 11.2 Å².